The zero-order valence-electron chi connectivity index (χ0n) is 21.0. The third-order valence-corrected chi connectivity index (χ3v) is 7.58. The zero-order valence-corrected chi connectivity index (χ0v) is 24.9. The number of aryl methyl sites for hydroxylation is 1. The first-order chi connectivity index (χ1) is 18.7. The van der Waals surface area contributed by atoms with Crippen LogP contribution in [0.15, 0.2) is 67.4 Å². The van der Waals surface area contributed by atoms with Gasteiger partial charge in [-0.05, 0) is 71.2 Å². The van der Waals surface area contributed by atoms with Gasteiger partial charge in [0.25, 0.3) is 11.2 Å². The van der Waals surface area contributed by atoms with Crippen molar-refractivity contribution in [2.45, 2.75) is 33.3 Å². The highest BCUT2D eigenvalue weighted by Gasteiger charge is 2.18. The molecule has 0 unspecified atom stereocenters. The van der Waals surface area contributed by atoms with Crippen LogP contribution in [0.25, 0.3) is 10.9 Å². The van der Waals surface area contributed by atoms with Crippen LogP contribution in [0.4, 0.5) is 5.69 Å². The van der Waals surface area contributed by atoms with E-state index in [9.17, 15) is 14.9 Å². The summed E-state index contributed by atoms with van der Waals surface area (Å²) < 4.78 is 14.3. The summed E-state index contributed by atoms with van der Waals surface area (Å²) >= 11 is 13.6. The number of nitro groups is 1. The molecule has 0 bridgehead atoms. The van der Waals surface area contributed by atoms with Crippen LogP contribution in [-0.4, -0.2) is 27.4 Å². The van der Waals surface area contributed by atoms with E-state index in [-0.39, 0.29) is 22.9 Å². The molecule has 4 rings (SSSR count). The van der Waals surface area contributed by atoms with Gasteiger partial charge in [0.2, 0.25) is 0 Å². The average molecular weight is 679 g/mol. The number of hydrogen-bond acceptors (Lipinski definition) is 7. The summed E-state index contributed by atoms with van der Waals surface area (Å²) in [5.41, 5.74) is 1.61. The van der Waals surface area contributed by atoms with E-state index in [0.717, 1.165) is 16.5 Å². The molecule has 12 heteroatoms. The molecule has 0 saturated heterocycles. The molecule has 1 aromatic heterocycles. The quantitative estimate of drug-likeness (QED) is 0.0990. The van der Waals surface area contributed by atoms with Gasteiger partial charge in [0.15, 0.2) is 11.5 Å². The second kappa shape index (κ2) is 12.7. The number of fused-ring (bicyclic) bond motifs is 1. The van der Waals surface area contributed by atoms with Crippen LogP contribution in [0, 0.1) is 10.1 Å². The smallest absolute Gasteiger partial charge is 0.282 e. The van der Waals surface area contributed by atoms with Crippen molar-refractivity contribution in [2.24, 2.45) is 5.10 Å². The number of nitro benzene ring substituents is 1. The molecule has 0 saturated carbocycles. The van der Waals surface area contributed by atoms with Gasteiger partial charge in [-0.15, -0.1) is 0 Å². The zero-order chi connectivity index (χ0) is 28.1. The highest BCUT2D eigenvalue weighted by atomic mass is 79.9. The normalized spacial score (nSPS) is 11.3. The van der Waals surface area contributed by atoms with Gasteiger partial charge in [0, 0.05) is 33.1 Å². The van der Waals surface area contributed by atoms with E-state index in [4.69, 9.17) is 21.1 Å². The molecule has 1 heterocycles. The largest absolute Gasteiger partial charge is 0.490 e. The second-order valence-corrected chi connectivity index (χ2v) is 10.5. The van der Waals surface area contributed by atoms with E-state index in [0.29, 0.717) is 51.3 Å². The molecule has 4 aromatic rings. The van der Waals surface area contributed by atoms with Crippen molar-refractivity contribution >= 4 is 66.3 Å². The number of rotatable bonds is 10. The molecule has 39 heavy (non-hydrogen) atoms. The first-order valence-corrected chi connectivity index (χ1v) is 14.0. The maximum atomic E-state index is 13.3. The minimum Gasteiger partial charge on any atom is -0.490 e. The van der Waals surface area contributed by atoms with E-state index in [2.05, 4.69) is 41.9 Å². The summed E-state index contributed by atoms with van der Waals surface area (Å²) in [5.74, 6) is 1.24. The Morgan fingerprint density at radius 2 is 1.87 bits per heavy atom. The Labute approximate surface area is 245 Å². The third-order valence-electron chi connectivity index (χ3n) is 5.65. The molecular weight excluding hydrogens is 656 g/mol. The first-order valence-electron chi connectivity index (χ1n) is 12.0. The van der Waals surface area contributed by atoms with Crippen LogP contribution in [0.5, 0.6) is 11.5 Å². The summed E-state index contributed by atoms with van der Waals surface area (Å²) in [5, 5.41) is 16.1. The summed E-state index contributed by atoms with van der Waals surface area (Å²) in [6, 6.07) is 13.1. The summed E-state index contributed by atoms with van der Waals surface area (Å²) in [7, 11) is 0. The van der Waals surface area contributed by atoms with Crippen LogP contribution in [0.1, 0.15) is 37.2 Å². The molecule has 202 valence electrons. The van der Waals surface area contributed by atoms with Gasteiger partial charge in [0.1, 0.15) is 17.5 Å². The third kappa shape index (κ3) is 6.48. The van der Waals surface area contributed by atoms with Gasteiger partial charge in [-0.1, -0.05) is 34.5 Å². The number of aromatic nitrogens is 2. The van der Waals surface area contributed by atoms with Crippen LogP contribution < -0.4 is 15.0 Å². The number of benzene rings is 3. The van der Waals surface area contributed by atoms with E-state index in [1.165, 1.54) is 23.0 Å². The highest BCUT2D eigenvalue weighted by molar-refractivity contribution is 9.10. The Bertz CT molecular complexity index is 1620. The molecule has 0 aliphatic heterocycles. The standard InChI is InChI=1S/C27H23Br2ClN4O5/c1-3-5-23-32-21-11-8-18(28)13-20(21)27(35)33(23)31-14-17-12-22(38-4-2)26(25(30)24(17)29)39-15-16-6-9-19(10-7-16)34(36)37/h6-14H,3-5,15H2,1-2H3. The minimum absolute atomic E-state index is 0.00591. The van der Waals surface area contributed by atoms with E-state index in [1.54, 1.807) is 30.3 Å². The van der Waals surface area contributed by atoms with Crippen LogP contribution in [0.2, 0.25) is 5.02 Å². The Balaban J connectivity index is 1.70. The van der Waals surface area contributed by atoms with Crippen LogP contribution in [-0.2, 0) is 13.0 Å². The minimum atomic E-state index is -0.460. The summed E-state index contributed by atoms with van der Waals surface area (Å²) in [6.07, 6.45) is 2.87. The van der Waals surface area contributed by atoms with Crippen molar-refractivity contribution in [3.8, 4) is 11.5 Å². The highest BCUT2D eigenvalue weighted by Crippen LogP contribution is 2.42. The van der Waals surface area contributed by atoms with Gasteiger partial charge < -0.3 is 9.47 Å². The Morgan fingerprint density at radius 3 is 2.54 bits per heavy atom. The predicted octanol–water partition coefficient (Wildman–Crippen LogP) is 7.30. The molecule has 0 N–H and O–H groups in total. The summed E-state index contributed by atoms with van der Waals surface area (Å²) in [4.78, 5) is 28.4. The molecule has 0 radical (unpaired) electrons. The fraction of sp³-hybridized carbons (Fsp3) is 0.222. The molecule has 0 fully saturated rings. The van der Waals surface area contributed by atoms with E-state index >= 15 is 0 Å². The fourth-order valence-electron chi connectivity index (χ4n) is 3.78. The molecule has 9 nitrogen and oxygen atoms in total. The Kier molecular flexibility index (Phi) is 9.36. The lowest BCUT2D eigenvalue weighted by Gasteiger charge is -2.16. The average Bonchev–Trinajstić information content (AvgIpc) is 2.92. The van der Waals surface area contributed by atoms with E-state index < -0.39 is 4.92 Å². The predicted molar refractivity (Wildman–Crippen MR) is 158 cm³/mol. The molecule has 0 atom stereocenters. The fourth-order valence-corrected chi connectivity index (χ4v) is 4.80. The number of ether oxygens (including phenoxy) is 2. The van der Waals surface area contributed by atoms with Crippen molar-refractivity contribution < 1.29 is 14.4 Å². The lowest BCUT2D eigenvalue weighted by Crippen LogP contribution is -2.22. The summed E-state index contributed by atoms with van der Waals surface area (Å²) in [6.45, 7) is 4.31. The number of non-ortho nitro benzene ring substituents is 1. The second-order valence-electron chi connectivity index (χ2n) is 8.37. The SMILES string of the molecule is CCCc1nc2ccc(Br)cc2c(=O)n1N=Cc1cc(OCC)c(OCc2ccc([N+](=O)[O-])cc2)c(Cl)c1Br. The molecule has 3 aromatic carbocycles. The maximum Gasteiger partial charge on any atom is 0.282 e. The first kappa shape index (κ1) is 28.7. The number of hydrogen-bond donors (Lipinski definition) is 0. The van der Waals surface area contributed by atoms with Crippen molar-refractivity contribution in [3.05, 3.63) is 99.9 Å². The topological polar surface area (TPSA) is 109 Å². The van der Waals surface area contributed by atoms with Crippen molar-refractivity contribution in [1.29, 1.82) is 0 Å². The molecule has 0 amide bonds. The molecule has 0 aliphatic carbocycles. The molecule has 0 aliphatic rings. The van der Waals surface area contributed by atoms with Crippen LogP contribution >= 0.6 is 43.5 Å². The molecule has 0 spiro atoms. The maximum absolute atomic E-state index is 13.3. The van der Waals surface area contributed by atoms with Gasteiger partial charge in [-0.2, -0.15) is 9.78 Å². The van der Waals surface area contributed by atoms with Gasteiger partial charge >= 0.3 is 0 Å². The Hall–Kier alpha value is -3.28. The Morgan fingerprint density at radius 1 is 1.13 bits per heavy atom. The van der Waals surface area contributed by atoms with Gasteiger partial charge in [-0.3, -0.25) is 14.9 Å². The lowest BCUT2D eigenvalue weighted by atomic mass is 10.2. The number of nitrogens with zero attached hydrogens (tertiary/aromatic N) is 4. The monoisotopic (exact) mass is 676 g/mol. The van der Waals surface area contributed by atoms with Crippen molar-refractivity contribution in [1.82, 2.24) is 9.66 Å². The number of halogens is 3. The molecular formula is C27H23Br2ClN4O5. The van der Waals surface area contributed by atoms with Gasteiger partial charge in [0.05, 0.1) is 28.6 Å². The lowest BCUT2D eigenvalue weighted by molar-refractivity contribution is -0.384. The van der Waals surface area contributed by atoms with Crippen molar-refractivity contribution in [2.75, 3.05) is 6.61 Å². The van der Waals surface area contributed by atoms with Crippen LogP contribution in [0.3, 0.4) is 0 Å². The van der Waals surface area contributed by atoms with Gasteiger partial charge in [-0.25, -0.2) is 4.98 Å². The van der Waals surface area contributed by atoms with E-state index in [1.807, 2.05) is 19.9 Å². The van der Waals surface area contributed by atoms with Crippen molar-refractivity contribution in [3.63, 3.8) is 0 Å².